The second-order valence-corrected chi connectivity index (χ2v) is 7.50. The predicted molar refractivity (Wildman–Crippen MR) is 121 cm³/mol. The molecule has 180 valence electrons. The van der Waals surface area contributed by atoms with E-state index in [0.717, 1.165) is 17.2 Å². The summed E-state index contributed by atoms with van der Waals surface area (Å²) in [4.78, 5) is 23.8. The lowest BCUT2D eigenvalue weighted by Gasteiger charge is -2.19. The highest BCUT2D eigenvalue weighted by Crippen LogP contribution is 2.40. The zero-order valence-corrected chi connectivity index (χ0v) is 18.5. The monoisotopic (exact) mass is 483 g/mol. The largest absolute Gasteiger partial charge is 0.481 e. The third-order valence-corrected chi connectivity index (χ3v) is 5.24. The van der Waals surface area contributed by atoms with Crippen LogP contribution in [0.1, 0.15) is 23.7 Å². The normalized spacial score (nSPS) is 11.1. The Labute approximate surface area is 198 Å². The van der Waals surface area contributed by atoms with Crippen LogP contribution in [0.2, 0.25) is 0 Å². The van der Waals surface area contributed by atoms with Crippen molar-refractivity contribution in [3.63, 3.8) is 0 Å². The maximum absolute atomic E-state index is 14.7. The predicted octanol–water partition coefficient (Wildman–Crippen LogP) is 5.05. The average molecular weight is 483 g/mol. The number of rotatable bonds is 9. The first-order valence-corrected chi connectivity index (χ1v) is 10.7. The summed E-state index contributed by atoms with van der Waals surface area (Å²) in [6, 6.07) is 11.1. The summed E-state index contributed by atoms with van der Waals surface area (Å²) in [7, 11) is 0. The van der Waals surface area contributed by atoms with Crippen molar-refractivity contribution in [2.24, 2.45) is 0 Å². The molecule has 0 bridgehead atoms. The van der Waals surface area contributed by atoms with Gasteiger partial charge in [-0.05, 0) is 30.2 Å². The quantitative estimate of drug-likeness (QED) is 0.356. The highest BCUT2D eigenvalue weighted by atomic mass is 19.3. The van der Waals surface area contributed by atoms with Gasteiger partial charge in [-0.25, -0.2) is 24.1 Å². The van der Waals surface area contributed by atoms with Gasteiger partial charge in [-0.15, -0.1) is 0 Å². The molecule has 4 rings (SSSR count). The third-order valence-electron chi connectivity index (χ3n) is 5.24. The number of pyridine rings is 1. The third kappa shape index (κ3) is 5.32. The number of carbonyl (C=O) groups is 1. The number of fused-ring (bicyclic) bond motifs is 1. The lowest BCUT2D eigenvalue weighted by molar-refractivity contribution is -0.139. The van der Waals surface area contributed by atoms with Gasteiger partial charge in [0, 0.05) is 35.6 Å². The first-order valence-electron chi connectivity index (χ1n) is 10.7. The second-order valence-electron chi connectivity index (χ2n) is 7.50. The number of nitrogens with zero attached hydrogens (tertiary/aromatic N) is 3. The first kappa shape index (κ1) is 23.9. The Kier molecular flexibility index (Phi) is 7.09. The lowest BCUT2D eigenvalue weighted by atomic mass is 9.97. The van der Waals surface area contributed by atoms with Crippen molar-refractivity contribution in [3.8, 4) is 22.9 Å². The topological polar surface area (TPSA) is 94.4 Å². The van der Waals surface area contributed by atoms with Crippen LogP contribution in [-0.2, 0) is 17.6 Å². The van der Waals surface area contributed by atoms with Gasteiger partial charge in [0.25, 0.3) is 0 Å². The minimum absolute atomic E-state index is 0.118. The van der Waals surface area contributed by atoms with E-state index in [1.165, 1.54) is 6.07 Å². The molecule has 0 aliphatic rings. The maximum atomic E-state index is 14.7. The maximum Gasteiger partial charge on any atom is 0.387 e. The van der Waals surface area contributed by atoms with E-state index in [-0.39, 0.29) is 28.8 Å². The number of aliphatic carboxylic acids is 1. The molecule has 0 fully saturated rings. The molecule has 0 atom stereocenters. The van der Waals surface area contributed by atoms with E-state index >= 15 is 0 Å². The number of aryl methyl sites for hydroxylation is 1. The minimum Gasteiger partial charge on any atom is -0.481 e. The molecule has 0 unspecified atom stereocenters. The Bertz CT molecular complexity index is 1350. The van der Waals surface area contributed by atoms with Gasteiger partial charge in [-0.3, -0.25) is 0 Å². The van der Waals surface area contributed by atoms with Gasteiger partial charge in [0.15, 0.2) is 12.4 Å². The van der Waals surface area contributed by atoms with Crippen molar-refractivity contribution >= 4 is 16.9 Å². The SMILES string of the molecule is CCc1nc2c(F)ccc(OCC(=O)O)c2c(OC(F)F)c1Cc1ccc(-c2ncccn2)cc1. The van der Waals surface area contributed by atoms with Crippen LogP contribution in [0.3, 0.4) is 0 Å². The van der Waals surface area contributed by atoms with E-state index in [0.29, 0.717) is 23.5 Å². The summed E-state index contributed by atoms with van der Waals surface area (Å²) in [6.07, 6.45) is 3.72. The van der Waals surface area contributed by atoms with E-state index in [1.54, 1.807) is 49.6 Å². The van der Waals surface area contributed by atoms with Gasteiger partial charge in [0.05, 0.1) is 5.39 Å². The number of hydrogen-bond acceptors (Lipinski definition) is 6. The van der Waals surface area contributed by atoms with Crippen molar-refractivity contribution in [3.05, 3.63) is 77.5 Å². The molecule has 35 heavy (non-hydrogen) atoms. The number of hydrogen-bond donors (Lipinski definition) is 1. The van der Waals surface area contributed by atoms with Crippen LogP contribution < -0.4 is 9.47 Å². The molecule has 2 aromatic carbocycles. The molecule has 0 amide bonds. The zero-order valence-electron chi connectivity index (χ0n) is 18.5. The molecule has 0 saturated carbocycles. The fourth-order valence-corrected chi connectivity index (χ4v) is 3.74. The zero-order chi connectivity index (χ0) is 24.9. The molecule has 0 saturated heterocycles. The Morgan fingerprint density at radius 2 is 1.80 bits per heavy atom. The first-order chi connectivity index (χ1) is 16.9. The minimum atomic E-state index is -3.21. The van der Waals surface area contributed by atoms with Crippen LogP contribution in [0, 0.1) is 5.82 Å². The summed E-state index contributed by atoms with van der Waals surface area (Å²) < 4.78 is 51.8. The fraction of sp³-hybridized carbons (Fsp3) is 0.200. The smallest absolute Gasteiger partial charge is 0.387 e. The van der Waals surface area contributed by atoms with Crippen LogP contribution in [0.4, 0.5) is 13.2 Å². The Morgan fingerprint density at radius 1 is 1.09 bits per heavy atom. The van der Waals surface area contributed by atoms with E-state index in [1.807, 2.05) is 0 Å². The number of benzene rings is 2. The summed E-state index contributed by atoms with van der Waals surface area (Å²) >= 11 is 0. The molecular formula is C25H20F3N3O4. The van der Waals surface area contributed by atoms with Crippen LogP contribution in [-0.4, -0.2) is 39.2 Å². The number of carboxylic acid groups (broad SMARTS) is 1. The number of alkyl halides is 2. The summed E-state index contributed by atoms with van der Waals surface area (Å²) in [5.41, 5.74) is 2.00. The van der Waals surface area contributed by atoms with Crippen molar-refractivity contribution < 1.29 is 32.5 Å². The van der Waals surface area contributed by atoms with Crippen LogP contribution in [0.5, 0.6) is 11.5 Å². The van der Waals surface area contributed by atoms with Crippen molar-refractivity contribution in [2.75, 3.05) is 6.61 Å². The molecular weight excluding hydrogens is 463 g/mol. The van der Waals surface area contributed by atoms with Crippen LogP contribution in [0.15, 0.2) is 54.9 Å². The van der Waals surface area contributed by atoms with Crippen molar-refractivity contribution in [2.45, 2.75) is 26.4 Å². The summed E-state index contributed by atoms with van der Waals surface area (Å²) in [6.45, 7) is -2.19. The van der Waals surface area contributed by atoms with E-state index in [9.17, 15) is 18.0 Å². The highest BCUT2D eigenvalue weighted by Gasteiger charge is 2.24. The molecule has 7 nitrogen and oxygen atoms in total. The second kappa shape index (κ2) is 10.4. The molecule has 10 heteroatoms. The highest BCUT2D eigenvalue weighted by molar-refractivity contribution is 5.93. The number of halogens is 3. The lowest BCUT2D eigenvalue weighted by Crippen LogP contribution is -2.13. The van der Waals surface area contributed by atoms with Gasteiger partial charge < -0.3 is 14.6 Å². The summed E-state index contributed by atoms with van der Waals surface area (Å²) in [5, 5.41) is 8.83. The molecule has 0 radical (unpaired) electrons. The standard InChI is InChI=1S/C25H20F3N3O4/c1-2-18-16(12-14-4-6-15(7-5-14)24-29-10-3-11-30-24)23(35-25(27)28)21-19(34-13-20(32)33)9-8-17(26)22(21)31-18/h3-11,25H,2,12-13H2,1H3,(H,32,33). The fourth-order valence-electron chi connectivity index (χ4n) is 3.74. The molecule has 0 aliphatic carbocycles. The van der Waals surface area contributed by atoms with E-state index in [4.69, 9.17) is 14.6 Å². The van der Waals surface area contributed by atoms with E-state index < -0.39 is 25.0 Å². The molecule has 2 aromatic heterocycles. The number of aromatic nitrogens is 3. The number of carboxylic acids is 1. The Morgan fingerprint density at radius 3 is 2.43 bits per heavy atom. The van der Waals surface area contributed by atoms with Crippen molar-refractivity contribution in [1.29, 1.82) is 0 Å². The van der Waals surface area contributed by atoms with Gasteiger partial charge >= 0.3 is 12.6 Å². The molecule has 4 aromatic rings. The Hall–Kier alpha value is -4.21. The van der Waals surface area contributed by atoms with Gasteiger partial charge in [0.2, 0.25) is 0 Å². The number of ether oxygens (including phenoxy) is 2. The van der Waals surface area contributed by atoms with E-state index in [2.05, 4.69) is 15.0 Å². The van der Waals surface area contributed by atoms with Crippen molar-refractivity contribution in [1.82, 2.24) is 15.0 Å². The molecule has 0 aliphatic heterocycles. The van der Waals surface area contributed by atoms with Crippen LogP contribution >= 0.6 is 0 Å². The van der Waals surface area contributed by atoms with Gasteiger partial charge in [-0.1, -0.05) is 31.2 Å². The average Bonchev–Trinajstić information content (AvgIpc) is 2.85. The van der Waals surface area contributed by atoms with Gasteiger partial charge in [-0.2, -0.15) is 8.78 Å². The molecule has 0 spiro atoms. The Balaban J connectivity index is 1.84. The molecule has 2 heterocycles. The molecule has 1 N–H and O–H groups in total. The summed E-state index contributed by atoms with van der Waals surface area (Å²) in [5.74, 6) is -1.92. The van der Waals surface area contributed by atoms with Gasteiger partial charge in [0.1, 0.15) is 22.8 Å². The van der Waals surface area contributed by atoms with Crippen LogP contribution in [0.25, 0.3) is 22.3 Å².